The van der Waals surface area contributed by atoms with E-state index in [4.69, 9.17) is 28.9 Å². The van der Waals surface area contributed by atoms with Crippen LogP contribution in [0.1, 0.15) is 31.8 Å². The number of halogens is 3. The number of hydrogen-bond donors (Lipinski definition) is 1. The zero-order chi connectivity index (χ0) is 15.1. The fourth-order valence-electron chi connectivity index (χ4n) is 1.64. The van der Waals surface area contributed by atoms with E-state index in [9.17, 15) is 4.39 Å². The minimum atomic E-state index is -0.513. The molecule has 0 saturated heterocycles. The number of benzene rings is 1. The highest BCUT2D eigenvalue weighted by atomic mass is 35.5. The van der Waals surface area contributed by atoms with E-state index in [0.717, 1.165) is 5.01 Å². The van der Waals surface area contributed by atoms with Crippen LogP contribution in [0, 0.1) is 11.2 Å². The number of nitrogens with two attached hydrogens (primary N) is 1. The van der Waals surface area contributed by atoms with Crippen LogP contribution in [0.3, 0.4) is 0 Å². The highest BCUT2D eigenvalue weighted by molar-refractivity contribution is 7.10. The van der Waals surface area contributed by atoms with Crippen LogP contribution in [-0.4, -0.2) is 4.98 Å². The van der Waals surface area contributed by atoms with Gasteiger partial charge in [-0.25, -0.2) is 9.37 Å². The number of thiazole rings is 1. The Hall–Kier alpha value is -0.680. The van der Waals surface area contributed by atoms with Crippen LogP contribution in [-0.2, 0) is 0 Å². The molecule has 0 bridgehead atoms. The van der Waals surface area contributed by atoms with Crippen molar-refractivity contribution in [3.05, 3.63) is 38.4 Å². The summed E-state index contributed by atoms with van der Waals surface area (Å²) in [5.41, 5.74) is 7.22. The van der Waals surface area contributed by atoms with Crippen molar-refractivity contribution in [1.82, 2.24) is 4.98 Å². The molecule has 0 aliphatic carbocycles. The summed E-state index contributed by atoms with van der Waals surface area (Å²) in [5.74, 6) is -0.513. The van der Waals surface area contributed by atoms with Crippen LogP contribution in [0.2, 0.25) is 10.0 Å². The largest absolute Gasteiger partial charge is 0.322 e. The third-order valence-corrected chi connectivity index (χ3v) is 4.54. The Morgan fingerprint density at radius 2 is 1.90 bits per heavy atom. The predicted molar refractivity (Wildman–Crippen MR) is 83.9 cm³/mol. The molecule has 6 heteroatoms. The second-order valence-electron chi connectivity index (χ2n) is 5.66. The molecule has 2 N–H and O–H groups in total. The highest BCUT2D eigenvalue weighted by Gasteiger charge is 2.25. The first-order valence-corrected chi connectivity index (χ1v) is 7.69. The van der Waals surface area contributed by atoms with Gasteiger partial charge in [0.05, 0.1) is 21.8 Å². The minimum Gasteiger partial charge on any atom is -0.322 e. The molecule has 0 fully saturated rings. The summed E-state index contributed by atoms with van der Waals surface area (Å²) < 4.78 is 13.6. The molecule has 0 aliphatic heterocycles. The van der Waals surface area contributed by atoms with E-state index >= 15 is 0 Å². The summed E-state index contributed by atoms with van der Waals surface area (Å²) in [5, 5.41) is 3.01. The summed E-state index contributed by atoms with van der Waals surface area (Å²) in [4.78, 5) is 4.48. The van der Waals surface area contributed by atoms with Crippen LogP contribution < -0.4 is 5.73 Å². The van der Waals surface area contributed by atoms with Crippen LogP contribution in [0.15, 0.2) is 17.5 Å². The van der Waals surface area contributed by atoms with Crippen molar-refractivity contribution in [3.8, 4) is 11.3 Å². The van der Waals surface area contributed by atoms with Crippen molar-refractivity contribution in [2.24, 2.45) is 11.1 Å². The molecular weight excluding hydrogens is 318 g/mol. The maximum atomic E-state index is 13.6. The molecule has 1 aromatic heterocycles. The molecule has 0 radical (unpaired) electrons. The van der Waals surface area contributed by atoms with Crippen molar-refractivity contribution in [2.75, 3.05) is 0 Å². The second-order valence-corrected chi connectivity index (χ2v) is 7.36. The molecule has 2 nitrogen and oxygen atoms in total. The van der Waals surface area contributed by atoms with Gasteiger partial charge in [-0.1, -0.05) is 44.0 Å². The summed E-state index contributed by atoms with van der Waals surface area (Å²) >= 11 is 13.2. The highest BCUT2D eigenvalue weighted by Crippen LogP contribution is 2.37. The molecule has 20 heavy (non-hydrogen) atoms. The van der Waals surface area contributed by atoms with Gasteiger partial charge in [-0.05, 0) is 17.5 Å². The van der Waals surface area contributed by atoms with E-state index in [1.54, 1.807) is 0 Å². The number of aromatic nitrogens is 1. The van der Waals surface area contributed by atoms with Crippen molar-refractivity contribution in [2.45, 2.75) is 26.8 Å². The average molecular weight is 333 g/mol. The van der Waals surface area contributed by atoms with Gasteiger partial charge in [-0.15, -0.1) is 11.3 Å². The number of nitrogens with zero attached hydrogens (tertiary/aromatic N) is 1. The Morgan fingerprint density at radius 1 is 1.25 bits per heavy atom. The van der Waals surface area contributed by atoms with Crippen LogP contribution in [0.5, 0.6) is 0 Å². The third kappa shape index (κ3) is 3.14. The van der Waals surface area contributed by atoms with E-state index < -0.39 is 5.82 Å². The Kier molecular flexibility index (Phi) is 4.40. The van der Waals surface area contributed by atoms with Gasteiger partial charge in [0.1, 0.15) is 10.8 Å². The molecule has 108 valence electrons. The summed E-state index contributed by atoms with van der Waals surface area (Å²) in [6.45, 7) is 6.15. The Labute approximate surface area is 131 Å². The molecule has 1 heterocycles. The molecule has 2 rings (SSSR count). The quantitative estimate of drug-likeness (QED) is 0.757. The molecule has 1 unspecified atom stereocenters. The van der Waals surface area contributed by atoms with E-state index in [-0.39, 0.29) is 16.5 Å². The lowest BCUT2D eigenvalue weighted by Crippen LogP contribution is -2.26. The Balaban J connectivity index is 2.41. The molecular formula is C14H15Cl2FN2S. The van der Waals surface area contributed by atoms with E-state index in [0.29, 0.717) is 16.3 Å². The SMILES string of the molecule is CC(C)(C)C(N)c1nc(-c2cc(F)c(Cl)cc2Cl)cs1. The van der Waals surface area contributed by atoms with Gasteiger partial charge >= 0.3 is 0 Å². The van der Waals surface area contributed by atoms with Crippen molar-refractivity contribution in [3.63, 3.8) is 0 Å². The topological polar surface area (TPSA) is 38.9 Å². The van der Waals surface area contributed by atoms with Crippen molar-refractivity contribution in [1.29, 1.82) is 0 Å². The van der Waals surface area contributed by atoms with E-state index in [2.05, 4.69) is 4.98 Å². The summed E-state index contributed by atoms with van der Waals surface area (Å²) in [6.07, 6.45) is 0. The first-order chi connectivity index (χ1) is 9.20. The number of hydrogen-bond acceptors (Lipinski definition) is 3. The van der Waals surface area contributed by atoms with Gasteiger partial charge in [0.25, 0.3) is 0 Å². The molecule has 0 saturated carbocycles. The maximum Gasteiger partial charge on any atom is 0.142 e. The van der Waals surface area contributed by atoms with Gasteiger partial charge in [0.2, 0.25) is 0 Å². The molecule has 0 amide bonds. The van der Waals surface area contributed by atoms with Crippen molar-refractivity contribution < 1.29 is 4.39 Å². The lowest BCUT2D eigenvalue weighted by molar-refractivity contribution is 0.326. The third-order valence-electron chi connectivity index (χ3n) is 3.01. The number of rotatable bonds is 2. The average Bonchev–Trinajstić information content (AvgIpc) is 2.80. The predicted octanol–water partition coefficient (Wildman–Crippen LogP) is 5.30. The molecule has 1 atom stereocenters. The lowest BCUT2D eigenvalue weighted by Gasteiger charge is -2.24. The normalized spacial score (nSPS) is 13.6. The molecule has 2 aromatic rings. The fraction of sp³-hybridized carbons (Fsp3) is 0.357. The van der Waals surface area contributed by atoms with Crippen molar-refractivity contribution >= 4 is 34.5 Å². The lowest BCUT2D eigenvalue weighted by atomic mass is 9.88. The standard InChI is InChI=1S/C14H15Cl2FN2S/c1-14(2,3)12(18)13-19-11(6-20-13)7-4-10(17)9(16)5-8(7)15/h4-6,12H,18H2,1-3H3. The van der Waals surface area contributed by atoms with Gasteiger partial charge < -0.3 is 5.73 Å². The summed E-state index contributed by atoms with van der Waals surface area (Å²) in [7, 11) is 0. The van der Waals surface area contributed by atoms with Gasteiger partial charge in [0, 0.05) is 10.9 Å². The van der Waals surface area contributed by atoms with Crippen LogP contribution in [0.25, 0.3) is 11.3 Å². The van der Waals surface area contributed by atoms with Crippen LogP contribution in [0.4, 0.5) is 4.39 Å². The van der Waals surface area contributed by atoms with E-state index in [1.165, 1.54) is 23.5 Å². The molecule has 0 aliphatic rings. The Bertz CT molecular complexity index is 635. The first kappa shape index (κ1) is 15.7. The molecule has 1 aromatic carbocycles. The van der Waals surface area contributed by atoms with Gasteiger partial charge in [-0.2, -0.15) is 0 Å². The first-order valence-electron chi connectivity index (χ1n) is 6.06. The summed E-state index contributed by atoms with van der Waals surface area (Å²) in [6, 6.07) is 2.50. The zero-order valence-electron chi connectivity index (χ0n) is 11.4. The zero-order valence-corrected chi connectivity index (χ0v) is 13.7. The van der Waals surface area contributed by atoms with Gasteiger partial charge in [-0.3, -0.25) is 0 Å². The van der Waals surface area contributed by atoms with E-state index in [1.807, 2.05) is 26.2 Å². The van der Waals surface area contributed by atoms with Crippen LogP contribution >= 0.6 is 34.5 Å². The monoisotopic (exact) mass is 332 g/mol. The maximum absolute atomic E-state index is 13.6. The van der Waals surface area contributed by atoms with Gasteiger partial charge in [0.15, 0.2) is 0 Å². The second kappa shape index (κ2) is 5.60. The minimum absolute atomic E-state index is 0.000552. The Morgan fingerprint density at radius 3 is 2.50 bits per heavy atom. The molecule has 0 spiro atoms. The smallest absolute Gasteiger partial charge is 0.142 e. The fourth-order valence-corrected chi connectivity index (χ4v) is 3.19.